The fourth-order valence-corrected chi connectivity index (χ4v) is 3.87. The molecule has 0 bridgehead atoms. The number of nitrogens with one attached hydrogen (secondary N) is 4. The van der Waals surface area contributed by atoms with Crippen LogP contribution < -0.4 is 16.0 Å². The highest BCUT2D eigenvalue weighted by molar-refractivity contribution is 7.80. The molecule has 0 fully saturated rings. The van der Waals surface area contributed by atoms with Gasteiger partial charge >= 0.3 is 5.97 Å². The normalized spacial score (nSPS) is 11.0. The van der Waals surface area contributed by atoms with E-state index in [1.54, 1.807) is 18.2 Å². The first-order valence-electron chi connectivity index (χ1n) is 9.62. The van der Waals surface area contributed by atoms with Crippen molar-refractivity contribution in [3.63, 3.8) is 0 Å². The van der Waals surface area contributed by atoms with E-state index in [2.05, 4.69) is 20.9 Å². The average Bonchev–Trinajstić information content (AvgIpc) is 3.11. The number of fused-ring (bicyclic) bond motifs is 1. The van der Waals surface area contributed by atoms with Gasteiger partial charge in [0, 0.05) is 46.3 Å². The van der Waals surface area contributed by atoms with Gasteiger partial charge < -0.3 is 26.0 Å². The minimum Gasteiger partial charge on any atom is -0.477 e. The van der Waals surface area contributed by atoms with E-state index in [9.17, 15) is 14.7 Å². The average molecular weight is 491 g/mol. The summed E-state index contributed by atoms with van der Waals surface area (Å²) in [6.45, 7) is 3.27. The Morgan fingerprint density at radius 3 is 2.53 bits per heavy atom. The van der Waals surface area contributed by atoms with E-state index in [4.69, 9.17) is 35.4 Å². The fourth-order valence-electron chi connectivity index (χ4n) is 3.06. The molecule has 5 N–H and O–H groups in total. The van der Waals surface area contributed by atoms with Crippen LogP contribution in [-0.2, 0) is 11.3 Å². The number of carboxylic acid groups (broad SMARTS) is 1. The maximum atomic E-state index is 12.4. The molecule has 0 unspecified atom stereocenters. The van der Waals surface area contributed by atoms with Crippen molar-refractivity contribution in [2.45, 2.75) is 13.5 Å². The number of carboxylic acids is 1. The lowest BCUT2D eigenvalue weighted by molar-refractivity contribution is -0.111. The van der Waals surface area contributed by atoms with Crippen molar-refractivity contribution in [3.8, 4) is 0 Å². The minimum absolute atomic E-state index is 0.0828. The minimum atomic E-state index is -1.17. The van der Waals surface area contributed by atoms with Crippen LogP contribution in [-0.4, -0.2) is 33.6 Å². The zero-order valence-corrected chi connectivity index (χ0v) is 19.3. The summed E-state index contributed by atoms with van der Waals surface area (Å²) in [6, 6.07) is 10.4. The van der Waals surface area contributed by atoms with Gasteiger partial charge in [-0.1, -0.05) is 35.3 Å². The van der Waals surface area contributed by atoms with Crippen molar-refractivity contribution in [2.24, 2.45) is 0 Å². The Morgan fingerprint density at radius 2 is 1.88 bits per heavy atom. The SMILES string of the molecule is CCNC(=S)NCc1ccc(NC(=O)/C=C/c2c(C(=O)O)[nH]c3cc(Cl)cc(Cl)c23)cc1. The second-order valence-corrected chi connectivity index (χ2v) is 8.01. The number of aromatic carboxylic acids is 1. The molecule has 0 saturated heterocycles. The summed E-state index contributed by atoms with van der Waals surface area (Å²) in [5.41, 5.74) is 2.28. The van der Waals surface area contributed by atoms with Crippen molar-refractivity contribution < 1.29 is 14.7 Å². The predicted molar refractivity (Wildman–Crippen MR) is 132 cm³/mol. The van der Waals surface area contributed by atoms with E-state index < -0.39 is 11.9 Å². The number of aromatic nitrogens is 1. The van der Waals surface area contributed by atoms with Gasteiger partial charge in [0.25, 0.3) is 0 Å². The second kappa shape index (κ2) is 10.5. The summed E-state index contributed by atoms with van der Waals surface area (Å²) in [6.07, 6.45) is 2.67. The summed E-state index contributed by atoms with van der Waals surface area (Å²) in [5, 5.41) is 20.1. The number of amides is 1. The van der Waals surface area contributed by atoms with E-state index in [0.717, 1.165) is 12.1 Å². The third-order valence-corrected chi connectivity index (χ3v) is 5.29. The Balaban J connectivity index is 1.72. The van der Waals surface area contributed by atoms with E-state index in [1.807, 2.05) is 19.1 Å². The molecule has 1 heterocycles. The van der Waals surface area contributed by atoms with Crippen molar-refractivity contribution in [3.05, 3.63) is 69.3 Å². The molecule has 10 heteroatoms. The first-order valence-corrected chi connectivity index (χ1v) is 10.8. The number of thiocarbonyl (C=S) groups is 1. The van der Waals surface area contributed by atoms with Gasteiger partial charge in [0.05, 0.1) is 5.02 Å². The van der Waals surface area contributed by atoms with Gasteiger partial charge in [0.1, 0.15) is 5.69 Å². The monoisotopic (exact) mass is 490 g/mol. The van der Waals surface area contributed by atoms with Crippen molar-refractivity contribution in [2.75, 3.05) is 11.9 Å². The maximum Gasteiger partial charge on any atom is 0.352 e. The third-order valence-electron chi connectivity index (χ3n) is 4.48. The van der Waals surface area contributed by atoms with Crippen LogP contribution in [0.2, 0.25) is 10.0 Å². The van der Waals surface area contributed by atoms with Crippen LogP contribution >= 0.6 is 35.4 Å². The molecule has 1 amide bonds. The molecule has 166 valence electrons. The number of halogens is 2. The molecule has 3 aromatic rings. The van der Waals surface area contributed by atoms with Crippen molar-refractivity contribution in [1.82, 2.24) is 15.6 Å². The third kappa shape index (κ3) is 5.79. The molecular weight excluding hydrogens is 471 g/mol. The highest BCUT2D eigenvalue weighted by atomic mass is 35.5. The van der Waals surface area contributed by atoms with Gasteiger partial charge in [-0.25, -0.2) is 4.79 Å². The first kappa shape index (κ1) is 23.6. The quantitative estimate of drug-likeness (QED) is 0.240. The molecule has 3 rings (SSSR count). The van der Waals surface area contributed by atoms with Crippen LogP contribution in [0.5, 0.6) is 0 Å². The Hall–Kier alpha value is -3.07. The molecule has 1 aromatic heterocycles. The molecule has 0 aliphatic heterocycles. The summed E-state index contributed by atoms with van der Waals surface area (Å²) in [7, 11) is 0. The van der Waals surface area contributed by atoms with Gasteiger partial charge in [0.15, 0.2) is 5.11 Å². The molecule has 0 aliphatic rings. The lowest BCUT2D eigenvalue weighted by atomic mass is 10.1. The van der Waals surface area contributed by atoms with E-state index in [0.29, 0.717) is 38.8 Å². The van der Waals surface area contributed by atoms with Gasteiger partial charge in [-0.05, 0) is 55.0 Å². The molecule has 0 radical (unpaired) electrons. The van der Waals surface area contributed by atoms with Crippen LogP contribution in [0.15, 0.2) is 42.5 Å². The molecule has 0 spiro atoms. The fraction of sp³-hybridized carbons (Fsp3) is 0.136. The maximum absolute atomic E-state index is 12.4. The number of rotatable bonds is 7. The largest absolute Gasteiger partial charge is 0.477 e. The summed E-state index contributed by atoms with van der Waals surface area (Å²) in [5.74, 6) is -1.59. The van der Waals surface area contributed by atoms with Crippen LogP contribution in [0.25, 0.3) is 17.0 Å². The van der Waals surface area contributed by atoms with Crippen molar-refractivity contribution >= 4 is 75.1 Å². The highest BCUT2D eigenvalue weighted by Gasteiger charge is 2.18. The number of hydrogen-bond donors (Lipinski definition) is 5. The molecule has 32 heavy (non-hydrogen) atoms. The Labute approximate surface area is 199 Å². The van der Waals surface area contributed by atoms with Crippen LogP contribution in [0, 0.1) is 0 Å². The van der Waals surface area contributed by atoms with Crippen LogP contribution in [0.3, 0.4) is 0 Å². The zero-order chi connectivity index (χ0) is 23.3. The predicted octanol–water partition coefficient (Wildman–Crippen LogP) is 4.81. The lowest BCUT2D eigenvalue weighted by Gasteiger charge is -2.09. The Bertz CT molecular complexity index is 1210. The van der Waals surface area contributed by atoms with Gasteiger partial charge in [-0.3, -0.25) is 4.79 Å². The molecule has 0 aliphatic carbocycles. The number of benzene rings is 2. The number of carbonyl (C=O) groups is 2. The number of aromatic amines is 1. The highest BCUT2D eigenvalue weighted by Crippen LogP contribution is 2.33. The van der Waals surface area contributed by atoms with Gasteiger partial charge in [0.2, 0.25) is 5.91 Å². The molecule has 7 nitrogen and oxygen atoms in total. The summed E-state index contributed by atoms with van der Waals surface area (Å²) >= 11 is 17.4. The van der Waals surface area contributed by atoms with E-state index >= 15 is 0 Å². The topological polar surface area (TPSA) is 106 Å². The van der Waals surface area contributed by atoms with E-state index in [1.165, 1.54) is 18.2 Å². The molecule has 2 aromatic carbocycles. The number of H-pyrrole nitrogens is 1. The van der Waals surface area contributed by atoms with Crippen molar-refractivity contribution in [1.29, 1.82) is 0 Å². The van der Waals surface area contributed by atoms with Gasteiger partial charge in [-0.2, -0.15) is 0 Å². The number of carbonyl (C=O) groups excluding carboxylic acids is 1. The molecular formula is C22H20Cl2N4O3S. The lowest BCUT2D eigenvalue weighted by Crippen LogP contribution is -2.34. The summed E-state index contributed by atoms with van der Waals surface area (Å²) < 4.78 is 0. The van der Waals surface area contributed by atoms with E-state index in [-0.39, 0.29) is 10.7 Å². The smallest absolute Gasteiger partial charge is 0.352 e. The first-order chi connectivity index (χ1) is 15.3. The number of hydrogen-bond acceptors (Lipinski definition) is 3. The van der Waals surface area contributed by atoms with Gasteiger partial charge in [-0.15, -0.1) is 0 Å². The standard InChI is InChI=1S/C22H20Cl2N4O3S/c1-2-25-22(32)26-11-12-3-5-14(6-4-12)27-18(29)8-7-15-19-16(24)9-13(23)10-17(19)28-20(15)21(30)31/h3-10,28H,2,11H2,1H3,(H,27,29)(H,30,31)(H2,25,26,32)/b8-7+. The molecule has 0 atom stereocenters. The Kier molecular flexibility index (Phi) is 7.74. The van der Waals surface area contributed by atoms with Crippen LogP contribution in [0.1, 0.15) is 28.5 Å². The summed E-state index contributed by atoms with van der Waals surface area (Å²) in [4.78, 5) is 26.8. The Morgan fingerprint density at radius 1 is 1.16 bits per heavy atom. The van der Waals surface area contributed by atoms with Crippen LogP contribution in [0.4, 0.5) is 5.69 Å². The zero-order valence-electron chi connectivity index (χ0n) is 17.0. The molecule has 0 saturated carbocycles. The number of anilines is 1. The second-order valence-electron chi connectivity index (χ2n) is 6.76.